The molecule has 2 aromatic carbocycles. The third-order valence-corrected chi connectivity index (χ3v) is 5.19. The van der Waals surface area contributed by atoms with Gasteiger partial charge in [0.1, 0.15) is 5.75 Å². The van der Waals surface area contributed by atoms with Crippen LogP contribution in [0.3, 0.4) is 0 Å². The number of fused-ring (bicyclic) bond motifs is 1. The fraction of sp³-hybridized carbons (Fsp3) is 0.409. The summed E-state index contributed by atoms with van der Waals surface area (Å²) in [6.45, 7) is 4.60. The molecule has 5 heteroatoms. The van der Waals surface area contributed by atoms with Gasteiger partial charge < -0.3 is 15.0 Å². The normalized spacial score (nSPS) is 14.4. The number of carbonyl (C=O) groups is 1. The SMILES string of the molecule is CC[C@@H](Oc1ccccc1Cl)C(=O)NCCCN1CCCc2ccccc21. The van der Waals surface area contributed by atoms with Crippen LogP contribution in [0.5, 0.6) is 5.75 Å². The van der Waals surface area contributed by atoms with Gasteiger partial charge in [-0.2, -0.15) is 0 Å². The molecule has 1 amide bonds. The summed E-state index contributed by atoms with van der Waals surface area (Å²) in [5.74, 6) is 0.461. The molecule has 1 aliphatic rings. The van der Waals surface area contributed by atoms with Crippen molar-refractivity contribution in [3.05, 3.63) is 59.1 Å². The van der Waals surface area contributed by atoms with Crippen LogP contribution in [0.25, 0.3) is 0 Å². The molecule has 1 aliphatic heterocycles. The number of anilines is 1. The summed E-state index contributed by atoms with van der Waals surface area (Å²) in [7, 11) is 0. The average Bonchev–Trinajstić information content (AvgIpc) is 2.70. The zero-order valence-corrected chi connectivity index (χ0v) is 16.5. The molecule has 4 nitrogen and oxygen atoms in total. The van der Waals surface area contributed by atoms with Crippen molar-refractivity contribution in [1.29, 1.82) is 0 Å². The van der Waals surface area contributed by atoms with Crippen LogP contribution in [0.4, 0.5) is 5.69 Å². The van der Waals surface area contributed by atoms with Crippen LogP contribution in [0.15, 0.2) is 48.5 Å². The number of hydrogen-bond acceptors (Lipinski definition) is 3. The number of nitrogens with one attached hydrogen (secondary N) is 1. The van der Waals surface area contributed by atoms with E-state index < -0.39 is 6.10 Å². The standard InChI is InChI=1S/C22H27ClN2O2/c1-2-20(27-21-13-6-4-11-18(21)23)22(26)24-14-8-16-25-15-7-10-17-9-3-5-12-19(17)25/h3-6,9,11-13,20H,2,7-8,10,14-16H2,1H3,(H,24,26)/t20-/m1/s1. The predicted octanol–water partition coefficient (Wildman–Crippen LogP) is 4.46. The highest BCUT2D eigenvalue weighted by molar-refractivity contribution is 6.32. The van der Waals surface area contributed by atoms with Gasteiger partial charge in [0.25, 0.3) is 5.91 Å². The Morgan fingerprint density at radius 3 is 2.81 bits per heavy atom. The highest BCUT2D eigenvalue weighted by Gasteiger charge is 2.19. The van der Waals surface area contributed by atoms with E-state index >= 15 is 0 Å². The minimum absolute atomic E-state index is 0.0866. The summed E-state index contributed by atoms with van der Waals surface area (Å²) < 4.78 is 5.80. The van der Waals surface area contributed by atoms with Gasteiger partial charge in [-0.15, -0.1) is 0 Å². The minimum atomic E-state index is -0.527. The molecule has 0 bridgehead atoms. The third-order valence-electron chi connectivity index (χ3n) is 4.88. The number of carbonyl (C=O) groups excluding carboxylic acids is 1. The molecular formula is C22H27ClN2O2. The number of benzene rings is 2. The first-order chi connectivity index (χ1) is 13.2. The summed E-state index contributed by atoms with van der Waals surface area (Å²) in [6.07, 6.45) is 3.31. The number of rotatable bonds is 8. The molecule has 0 saturated heterocycles. The fourth-order valence-electron chi connectivity index (χ4n) is 3.45. The molecule has 1 atom stereocenters. The molecule has 1 N–H and O–H groups in total. The molecule has 2 aromatic rings. The summed E-state index contributed by atoms with van der Waals surface area (Å²) in [4.78, 5) is 14.9. The second-order valence-electron chi connectivity index (χ2n) is 6.81. The van der Waals surface area contributed by atoms with Gasteiger partial charge in [0.15, 0.2) is 6.10 Å². The lowest BCUT2D eigenvalue weighted by Gasteiger charge is -2.31. The van der Waals surface area contributed by atoms with Crippen LogP contribution < -0.4 is 15.0 Å². The molecule has 1 heterocycles. The highest BCUT2D eigenvalue weighted by atomic mass is 35.5. The van der Waals surface area contributed by atoms with Gasteiger partial charge in [-0.25, -0.2) is 0 Å². The Kier molecular flexibility index (Phi) is 6.99. The van der Waals surface area contributed by atoms with E-state index in [9.17, 15) is 4.79 Å². The van der Waals surface area contributed by atoms with Crippen LogP contribution in [-0.4, -0.2) is 31.6 Å². The minimum Gasteiger partial charge on any atom is -0.479 e. The average molecular weight is 387 g/mol. The van der Waals surface area contributed by atoms with Crippen molar-refractivity contribution in [2.45, 2.75) is 38.7 Å². The molecule has 0 unspecified atom stereocenters. The first kappa shape index (κ1) is 19.6. The monoisotopic (exact) mass is 386 g/mol. The second-order valence-corrected chi connectivity index (χ2v) is 7.22. The summed E-state index contributed by atoms with van der Waals surface area (Å²) >= 11 is 6.12. The van der Waals surface area contributed by atoms with Crippen LogP contribution in [0, 0.1) is 0 Å². The number of halogens is 1. The molecule has 0 fully saturated rings. The van der Waals surface area contributed by atoms with E-state index in [1.165, 1.54) is 17.7 Å². The number of para-hydroxylation sites is 2. The van der Waals surface area contributed by atoms with Crippen molar-refractivity contribution in [1.82, 2.24) is 5.32 Å². The van der Waals surface area contributed by atoms with Gasteiger partial charge >= 0.3 is 0 Å². The van der Waals surface area contributed by atoms with Crippen LogP contribution in [0.2, 0.25) is 5.02 Å². The molecule has 27 heavy (non-hydrogen) atoms. The zero-order chi connectivity index (χ0) is 19.1. The van der Waals surface area contributed by atoms with Crippen molar-refractivity contribution in [3.8, 4) is 5.75 Å². The van der Waals surface area contributed by atoms with E-state index in [1.807, 2.05) is 19.1 Å². The van der Waals surface area contributed by atoms with Crippen molar-refractivity contribution in [2.24, 2.45) is 0 Å². The topological polar surface area (TPSA) is 41.6 Å². The number of hydrogen-bond donors (Lipinski definition) is 1. The smallest absolute Gasteiger partial charge is 0.261 e. The lowest BCUT2D eigenvalue weighted by molar-refractivity contribution is -0.128. The van der Waals surface area contributed by atoms with Crippen LogP contribution >= 0.6 is 11.6 Å². The van der Waals surface area contributed by atoms with E-state index in [-0.39, 0.29) is 5.91 Å². The van der Waals surface area contributed by atoms with Gasteiger partial charge in [-0.3, -0.25) is 4.79 Å². The first-order valence-corrected chi connectivity index (χ1v) is 10.1. The molecule has 0 aromatic heterocycles. The molecule has 144 valence electrons. The quantitative estimate of drug-likeness (QED) is 0.681. The van der Waals surface area contributed by atoms with Crippen molar-refractivity contribution >= 4 is 23.2 Å². The van der Waals surface area contributed by atoms with E-state index in [0.29, 0.717) is 23.7 Å². The van der Waals surface area contributed by atoms with E-state index in [4.69, 9.17) is 16.3 Å². The number of ether oxygens (including phenoxy) is 1. The first-order valence-electron chi connectivity index (χ1n) is 9.70. The Hall–Kier alpha value is -2.20. The molecule has 0 aliphatic carbocycles. The second kappa shape index (κ2) is 9.65. The van der Waals surface area contributed by atoms with Crippen molar-refractivity contribution in [2.75, 3.05) is 24.5 Å². The summed E-state index contributed by atoms with van der Waals surface area (Å²) in [5.41, 5.74) is 2.76. The molecule has 0 saturated carbocycles. The van der Waals surface area contributed by atoms with E-state index in [1.54, 1.807) is 12.1 Å². The Bertz CT molecular complexity index is 765. The Labute approximate surface area is 166 Å². The highest BCUT2D eigenvalue weighted by Crippen LogP contribution is 2.27. The lowest BCUT2D eigenvalue weighted by atomic mass is 10.0. The molecule has 0 radical (unpaired) electrons. The largest absolute Gasteiger partial charge is 0.479 e. The van der Waals surface area contributed by atoms with E-state index in [2.05, 4.69) is 34.5 Å². The number of amides is 1. The molecular weight excluding hydrogens is 360 g/mol. The Balaban J connectivity index is 1.46. The maximum absolute atomic E-state index is 12.4. The Morgan fingerprint density at radius 2 is 2.00 bits per heavy atom. The molecule has 0 spiro atoms. The van der Waals surface area contributed by atoms with Crippen LogP contribution in [0.1, 0.15) is 31.7 Å². The summed E-state index contributed by atoms with van der Waals surface area (Å²) in [6, 6.07) is 15.8. The number of aryl methyl sites for hydroxylation is 1. The maximum Gasteiger partial charge on any atom is 0.261 e. The summed E-state index contributed by atoms with van der Waals surface area (Å²) in [5, 5.41) is 3.52. The van der Waals surface area contributed by atoms with Crippen molar-refractivity contribution < 1.29 is 9.53 Å². The van der Waals surface area contributed by atoms with Gasteiger partial charge in [0, 0.05) is 25.3 Å². The van der Waals surface area contributed by atoms with Crippen molar-refractivity contribution in [3.63, 3.8) is 0 Å². The van der Waals surface area contributed by atoms with E-state index in [0.717, 1.165) is 25.9 Å². The maximum atomic E-state index is 12.4. The van der Waals surface area contributed by atoms with Gasteiger partial charge in [-0.1, -0.05) is 48.9 Å². The Morgan fingerprint density at radius 1 is 1.22 bits per heavy atom. The van der Waals surface area contributed by atoms with Crippen LogP contribution in [-0.2, 0) is 11.2 Å². The lowest BCUT2D eigenvalue weighted by Crippen LogP contribution is -2.39. The third kappa shape index (κ3) is 5.16. The van der Waals surface area contributed by atoms with Gasteiger partial charge in [-0.05, 0) is 49.4 Å². The van der Waals surface area contributed by atoms with Gasteiger partial charge in [0.2, 0.25) is 0 Å². The zero-order valence-electron chi connectivity index (χ0n) is 15.8. The fourth-order valence-corrected chi connectivity index (χ4v) is 3.64. The van der Waals surface area contributed by atoms with Gasteiger partial charge in [0.05, 0.1) is 5.02 Å². The molecule has 3 rings (SSSR count). The predicted molar refractivity (Wildman–Crippen MR) is 111 cm³/mol. The number of nitrogens with zero attached hydrogens (tertiary/aromatic N) is 1.